The fourth-order valence-corrected chi connectivity index (χ4v) is 1.90. The van der Waals surface area contributed by atoms with Crippen LogP contribution in [0, 0.1) is 0 Å². The lowest BCUT2D eigenvalue weighted by Gasteiger charge is -2.06. The average Bonchev–Trinajstić information content (AvgIpc) is 2.79. The van der Waals surface area contributed by atoms with Gasteiger partial charge < -0.3 is 5.32 Å². The summed E-state index contributed by atoms with van der Waals surface area (Å²) in [7, 11) is 1.95. The molecule has 90 valence electrons. The van der Waals surface area contributed by atoms with E-state index < -0.39 is 0 Å². The first-order valence-electron chi connectivity index (χ1n) is 5.97. The second kappa shape index (κ2) is 5.59. The van der Waals surface area contributed by atoms with E-state index in [1.165, 1.54) is 11.1 Å². The Morgan fingerprint density at radius 1 is 1.35 bits per heavy atom. The van der Waals surface area contributed by atoms with Gasteiger partial charge in [0.05, 0.1) is 11.9 Å². The summed E-state index contributed by atoms with van der Waals surface area (Å²) in [6.07, 6.45) is 2.89. The molecule has 1 aromatic carbocycles. The van der Waals surface area contributed by atoms with Crippen LogP contribution in [-0.4, -0.2) is 22.0 Å². The Labute approximate surface area is 102 Å². The zero-order chi connectivity index (χ0) is 12.1. The molecule has 0 saturated carbocycles. The molecule has 17 heavy (non-hydrogen) atoms. The van der Waals surface area contributed by atoms with Crippen LogP contribution in [0.4, 0.5) is 0 Å². The number of aryl methyl sites for hydroxylation is 1. The van der Waals surface area contributed by atoms with Crippen LogP contribution in [0.2, 0.25) is 0 Å². The van der Waals surface area contributed by atoms with Crippen LogP contribution in [0.5, 0.6) is 0 Å². The first-order chi connectivity index (χ1) is 8.35. The van der Waals surface area contributed by atoms with Crippen LogP contribution >= 0.6 is 0 Å². The highest BCUT2D eigenvalue weighted by molar-refractivity contribution is 5.59. The molecule has 2 rings (SSSR count). The predicted octanol–water partition coefficient (Wildman–Crippen LogP) is 2.07. The maximum Gasteiger partial charge on any atom is 0.0885 e. The van der Waals surface area contributed by atoms with Gasteiger partial charge in [-0.2, -0.15) is 0 Å². The minimum Gasteiger partial charge on any atom is -0.316 e. The molecular weight excluding hydrogens is 212 g/mol. The highest BCUT2D eigenvalue weighted by atomic mass is 15.4. The molecule has 0 aliphatic carbocycles. The van der Waals surface area contributed by atoms with E-state index in [4.69, 9.17) is 0 Å². The van der Waals surface area contributed by atoms with Gasteiger partial charge in [-0.05, 0) is 25.1 Å². The van der Waals surface area contributed by atoms with Crippen molar-refractivity contribution in [2.75, 3.05) is 7.05 Å². The maximum atomic E-state index is 4.11. The zero-order valence-corrected chi connectivity index (χ0v) is 10.3. The lowest BCUT2D eigenvalue weighted by molar-refractivity contribution is 0.584. The molecule has 1 aromatic heterocycles. The fourth-order valence-electron chi connectivity index (χ4n) is 1.90. The van der Waals surface area contributed by atoms with Crippen LogP contribution in [0.3, 0.4) is 0 Å². The largest absolute Gasteiger partial charge is 0.316 e. The van der Waals surface area contributed by atoms with Gasteiger partial charge in [-0.1, -0.05) is 30.3 Å². The summed E-state index contributed by atoms with van der Waals surface area (Å²) in [5.41, 5.74) is 3.54. The van der Waals surface area contributed by atoms with Gasteiger partial charge in [0.25, 0.3) is 0 Å². The van der Waals surface area contributed by atoms with E-state index in [-0.39, 0.29) is 0 Å². The van der Waals surface area contributed by atoms with Crippen molar-refractivity contribution in [1.82, 2.24) is 20.3 Å². The van der Waals surface area contributed by atoms with E-state index in [1.54, 1.807) is 0 Å². The van der Waals surface area contributed by atoms with Crippen molar-refractivity contribution in [3.63, 3.8) is 0 Å². The van der Waals surface area contributed by atoms with Crippen molar-refractivity contribution in [1.29, 1.82) is 0 Å². The molecule has 0 spiro atoms. The van der Waals surface area contributed by atoms with E-state index >= 15 is 0 Å². The summed E-state index contributed by atoms with van der Waals surface area (Å²) in [5.74, 6) is 0. The number of nitrogens with one attached hydrogen (secondary N) is 1. The fraction of sp³-hybridized carbons (Fsp3) is 0.385. The van der Waals surface area contributed by atoms with Crippen LogP contribution in [0.25, 0.3) is 11.3 Å². The second-order valence-corrected chi connectivity index (χ2v) is 4.07. The Kier molecular flexibility index (Phi) is 3.88. The molecular formula is C13H18N4. The van der Waals surface area contributed by atoms with Gasteiger partial charge in [0.1, 0.15) is 0 Å². The third-order valence-corrected chi connectivity index (χ3v) is 2.66. The molecule has 0 bridgehead atoms. The van der Waals surface area contributed by atoms with E-state index in [9.17, 15) is 0 Å². The molecule has 2 aromatic rings. The van der Waals surface area contributed by atoms with Crippen molar-refractivity contribution in [2.45, 2.75) is 26.4 Å². The molecule has 4 nitrogen and oxygen atoms in total. The van der Waals surface area contributed by atoms with Gasteiger partial charge in [-0.3, -0.25) is 0 Å². The number of hydrogen-bond donors (Lipinski definition) is 1. The molecule has 0 aliphatic heterocycles. The number of aromatic nitrogens is 3. The monoisotopic (exact) mass is 230 g/mol. The quantitative estimate of drug-likeness (QED) is 0.855. The van der Waals surface area contributed by atoms with Crippen molar-refractivity contribution >= 4 is 0 Å². The number of rotatable bonds is 5. The first kappa shape index (κ1) is 11.8. The Balaban J connectivity index is 2.31. The van der Waals surface area contributed by atoms with Gasteiger partial charge in [-0.15, -0.1) is 5.10 Å². The molecule has 0 amide bonds. The van der Waals surface area contributed by atoms with E-state index in [0.717, 1.165) is 25.2 Å². The standard InChI is InChI=1S/C13H18N4/c1-3-7-17-13(10-15-16-17)12-6-4-5-11(8-12)9-14-2/h4-6,8,10,14H,3,7,9H2,1-2H3. The Morgan fingerprint density at radius 3 is 3.00 bits per heavy atom. The third kappa shape index (κ3) is 2.71. The van der Waals surface area contributed by atoms with Gasteiger partial charge in [-0.25, -0.2) is 4.68 Å². The van der Waals surface area contributed by atoms with Gasteiger partial charge >= 0.3 is 0 Å². The Bertz CT molecular complexity index is 476. The normalized spacial score (nSPS) is 10.7. The molecule has 0 fully saturated rings. The molecule has 0 aliphatic rings. The summed E-state index contributed by atoms with van der Waals surface area (Å²) >= 11 is 0. The average molecular weight is 230 g/mol. The minimum absolute atomic E-state index is 0.878. The van der Waals surface area contributed by atoms with Crippen molar-refractivity contribution in [2.24, 2.45) is 0 Å². The van der Waals surface area contributed by atoms with Crippen LogP contribution in [0.15, 0.2) is 30.5 Å². The van der Waals surface area contributed by atoms with Crippen molar-refractivity contribution < 1.29 is 0 Å². The van der Waals surface area contributed by atoms with Crippen LogP contribution < -0.4 is 5.32 Å². The number of benzene rings is 1. The zero-order valence-electron chi connectivity index (χ0n) is 10.3. The van der Waals surface area contributed by atoms with Gasteiger partial charge in [0.15, 0.2) is 0 Å². The minimum atomic E-state index is 0.878. The van der Waals surface area contributed by atoms with E-state index in [2.05, 4.69) is 46.8 Å². The molecule has 4 heteroatoms. The molecule has 0 radical (unpaired) electrons. The Morgan fingerprint density at radius 2 is 2.24 bits per heavy atom. The molecule has 1 N–H and O–H groups in total. The highest BCUT2D eigenvalue weighted by Gasteiger charge is 2.06. The number of hydrogen-bond acceptors (Lipinski definition) is 3. The van der Waals surface area contributed by atoms with Crippen LogP contribution in [-0.2, 0) is 13.1 Å². The van der Waals surface area contributed by atoms with Gasteiger partial charge in [0.2, 0.25) is 0 Å². The second-order valence-electron chi connectivity index (χ2n) is 4.07. The smallest absolute Gasteiger partial charge is 0.0885 e. The lowest BCUT2D eigenvalue weighted by atomic mass is 10.1. The molecule has 0 atom stereocenters. The summed E-state index contributed by atoms with van der Waals surface area (Å²) in [6, 6.07) is 8.48. The summed E-state index contributed by atoms with van der Waals surface area (Å²) in [5, 5.41) is 11.3. The summed E-state index contributed by atoms with van der Waals surface area (Å²) in [6.45, 7) is 3.93. The molecule has 0 saturated heterocycles. The molecule has 1 heterocycles. The van der Waals surface area contributed by atoms with E-state index in [1.807, 2.05) is 17.9 Å². The highest BCUT2D eigenvalue weighted by Crippen LogP contribution is 2.19. The summed E-state index contributed by atoms with van der Waals surface area (Å²) in [4.78, 5) is 0. The van der Waals surface area contributed by atoms with E-state index in [0.29, 0.717) is 0 Å². The lowest BCUT2D eigenvalue weighted by Crippen LogP contribution is -2.05. The Hall–Kier alpha value is -1.68. The van der Waals surface area contributed by atoms with Crippen molar-refractivity contribution in [3.05, 3.63) is 36.0 Å². The summed E-state index contributed by atoms with van der Waals surface area (Å²) < 4.78 is 1.96. The molecule has 0 unspecified atom stereocenters. The topological polar surface area (TPSA) is 42.7 Å². The van der Waals surface area contributed by atoms with Gasteiger partial charge in [0, 0.05) is 18.7 Å². The SMILES string of the molecule is CCCn1nncc1-c1cccc(CNC)c1. The number of nitrogens with zero attached hydrogens (tertiary/aromatic N) is 3. The first-order valence-corrected chi connectivity index (χ1v) is 5.97. The third-order valence-electron chi connectivity index (χ3n) is 2.66. The van der Waals surface area contributed by atoms with Crippen LogP contribution in [0.1, 0.15) is 18.9 Å². The maximum absolute atomic E-state index is 4.11. The predicted molar refractivity (Wildman–Crippen MR) is 68.5 cm³/mol. The van der Waals surface area contributed by atoms with Crippen molar-refractivity contribution in [3.8, 4) is 11.3 Å².